The zero-order valence-corrected chi connectivity index (χ0v) is 12.2. The van der Waals surface area contributed by atoms with Crippen molar-refractivity contribution in [1.29, 1.82) is 0 Å². The van der Waals surface area contributed by atoms with Gasteiger partial charge in [-0.15, -0.1) is 0 Å². The van der Waals surface area contributed by atoms with E-state index in [-0.39, 0.29) is 11.8 Å². The number of rotatable bonds is 5. The Labute approximate surface area is 124 Å². The van der Waals surface area contributed by atoms with Gasteiger partial charge in [-0.3, -0.25) is 9.59 Å². The fourth-order valence-corrected chi connectivity index (χ4v) is 3.16. The van der Waals surface area contributed by atoms with Crippen LogP contribution in [0.15, 0.2) is 24.3 Å². The molecule has 0 spiro atoms. The Bertz CT molecular complexity index is 548. The number of amides is 2. The maximum absolute atomic E-state index is 12.0. The Kier molecular flexibility index (Phi) is 3.92. The Morgan fingerprint density at radius 3 is 2.76 bits per heavy atom. The van der Waals surface area contributed by atoms with Crippen LogP contribution >= 0.6 is 0 Å². The van der Waals surface area contributed by atoms with Gasteiger partial charge >= 0.3 is 0 Å². The number of carbonyl (C=O) groups is 2. The van der Waals surface area contributed by atoms with Crippen LogP contribution in [0, 0.1) is 11.8 Å². The topological polar surface area (TPSA) is 70.2 Å². The van der Waals surface area contributed by atoms with Crippen molar-refractivity contribution in [3.05, 3.63) is 35.4 Å². The number of fused-ring (bicyclic) bond motifs is 1. The molecule has 2 aliphatic rings. The van der Waals surface area contributed by atoms with Gasteiger partial charge in [0.2, 0.25) is 5.91 Å². The summed E-state index contributed by atoms with van der Waals surface area (Å²) in [6.45, 7) is 2.06. The van der Waals surface area contributed by atoms with Gasteiger partial charge in [0, 0.05) is 38.2 Å². The monoisotopic (exact) mass is 287 g/mol. The van der Waals surface area contributed by atoms with Gasteiger partial charge < -0.3 is 16.0 Å². The van der Waals surface area contributed by atoms with E-state index in [1.165, 1.54) is 0 Å². The number of benzene rings is 1. The van der Waals surface area contributed by atoms with Crippen LogP contribution in [0.25, 0.3) is 0 Å². The minimum Gasteiger partial charge on any atom is -0.355 e. The van der Waals surface area contributed by atoms with E-state index in [0.717, 1.165) is 18.7 Å². The van der Waals surface area contributed by atoms with Crippen molar-refractivity contribution in [2.45, 2.75) is 18.9 Å². The lowest BCUT2D eigenvalue weighted by molar-refractivity contribution is -0.121. The molecular weight excluding hydrogens is 266 g/mol. The van der Waals surface area contributed by atoms with Crippen LogP contribution in [0.4, 0.5) is 0 Å². The number of hydrogen-bond acceptors (Lipinski definition) is 3. The first-order valence-corrected chi connectivity index (χ1v) is 7.50. The maximum Gasteiger partial charge on any atom is 0.251 e. The van der Waals surface area contributed by atoms with E-state index < -0.39 is 0 Å². The minimum atomic E-state index is -0.0976. The second-order valence-electron chi connectivity index (χ2n) is 5.86. The zero-order valence-electron chi connectivity index (χ0n) is 12.2. The molecule has 3 atom stereocenters. The minimum absolute atomic E-state index is 0.0976. The molecule has 0 bridgehead atoms. The van der Waals surface area contributed by atoms with Crippen LogP contribution in [0.2, 0.25) is 0 Å². The highest BCUT2D eigenvalue weighted by molar-refractivity contribution is 5.94. The van der Waals surface area contributed by atoms with E-state index in [0.29, 0.717) is 36.3 Å². The van der Waals surface area contributed by atoms with Gasteiger partial charge in [-0.2, -0.15) is 0 Å². The molecule has 1 unspecified atom stereocenters. The lowest BCUT2D eigenvalue weighted by atomic mass is 10.1. The van der Waals surface area contributed by atoms with Crippen molar-refractivity contribution in [2.24, 2.45) is 11.8 Å². The van der Waals surface area contributed by atoms with Crippen molar-refractivity contribution >= 4 is 11.8 Å². The van der Waals surface area contributed by atoms with Crippen LogP contribution < -0.4 is 16.0 Å². The molecule has 2 amide bonds. The van der Waals surface area contributed by atoms with Crippen LogP contribution in [0.1, 0.15) is 22.3 Å². The summed E-state index contributed by atoms with van der Waals surface area (Å²) in [5.41, 5.74) is 1.65. The fraction of sp³-hybridized carbons (Fsp3) is 0.500. The van der Waals surface area contributed by atoms with Crippen LogP contribution in [-0.2, 0) is 11.2 Å². The molecule has 0 aromatic heterocycles. The van der Waals surface area contributed by atoms with Gasteiger partial charge in [0.05, 0.1) is 0 Å². The Hall–Kier alpha value is -1.88. The molecule has 21 heavy (non-hydrogen) atoms. The van der Waals surface area contributed by atoms with Crippen LogP contribution in [0.3, 0.4) is 0 Å². The molecule has 3 rings (SSSR count). The lowest BCUT2D eigenvalue weighted by Gasteiger charge is -2.08. The number of nitrogens with one attached hydrogen (secondary N) is 3. The van der Waals surface area contributed by atoms with E-state index in [1.807, 2.05) is 18.2 Å². The molecule has 1 aliphatic heterocycles. The van der Waals surface area contributed by atoms with Gasteiger partial charge in [0.25, 0.3) is 5.91 Å². The predicted octanol–water partition coefficient (Wildman–Crippen LogP) is 0.313. The maximum atomic E-state index is 12.0. The Balaban J connectivity index is 1.48. The molecule has 1 heterocycles. The van der Waals surface area contributed by atoms with Crippen molar-refractivity contribution < 1.29 is 9.59 Å². The molecule has 2 fully saturated rings. The van der Waals surface area contributed by atoms with Crippen molar-refractivity contribution in [3.63, 3.8) is 0 Å². The highest BCUT2D eigenvalue weighted by atomic mass is 16.2. The summed E-state index contributed by atoms with van der Waals surface area (Å²) in [4.78, 5) is 23.5. The summed E-state index contributed by atoms with van der Waals surface area (Å²) in [7, 11) is 1.61. The summed E-state index contributed by atoms with van der Waals surface area (Å²) in [6.07, 6.45) is 1.14. The van der Waals surface area contributed by atoms with E-state index >= 15 is 0 Å². The highest BCUT2D eigenvalue weighted by Gasteiger charge is 2.53. The number of hydrogen-bond donors (Lipinski definition) is 3. The summed E-state index contributed by atoms with van der Waals surface area (Å²) >= 11 is 0. The van der Waals surface area contributed by atoms with E-state index in [9.17, 15) is 9.59 Å². The first kappa shape index (κ1) is 14.1. The van der Waals surface area contributed by atoms with E-state index in [2.05, 4.69) is 16.0 Å². The third kappa shape index (κ3) is 3.08. The van der Waals surface area contributed by atoms with Gasteiger partial charge in [0.1, 0.15) is 0 Å². The number of aryl methyl sites for hydroxylation is 1. The second-order valence-corrected chi connectivity index (χ2v) is 5.86. The molecule has 5 heteroatoms. The quantitative estimate of drug-likeness (QED) is 0.730. The number of piperidine rings is 1. The van der Waals surface area contributed by atoms with Gasteiger partial charge in [-0.05, 0) is 36.0 Å². The van der Waals surface area contributed by atoms with Crippen LogP contribution in [-0.4, -0.2) is 38.0 Å². The number of carbonyl (C=O) groups excluding carboxylic acids is 2. The molecule has 1 aliphatic carbocycles. The molecule has 112 valence electrons. The van der Waals surface area contributed by atoms with E-state index in [1.54, 1.807) is 13.1 Å². The summed E-state index contributed by atoms with van der Waals surface area (Å²) in [5, 5.41) is 9.04. The third-order valence-corrected chi connectivity index (χ3v) is 4.48. The Morgan fingerprint density at radius 1 is 1.29 bits per heavy atom. The van der Waals surface area contributed by atoms with Crippen molar-refractivity contribution in [1.82, 2.24) is 16.0 Å². The second kappa shape index (κ2) is 5.85. The standard InChI is InChI=1S/C16H21N3O2/c1-17-16(21)11-4-2-3-10(7-11)5-6-14(20)19-15-12-8-18-9-13(12)15/h2-4,7,12-13,15,18H,5-6,8-9H2,1H3,(H,17,21)(H,19,20)/t12-,13+,15?. The Morgan fingerprint density at radius 2 is 2.05 bits per heavy atom. The lowest BCUT2D eigenvalue weighted by Crippen LogP contribution is -2.32. The normalized spacial score (nSPS) is 26.0. The average Bonchev–Trinajstić information content (AvgIpc) is 2.94. The van der Waals surface area contributed by atoms with Crippen molar-refractivity contribution in [3.8, 4) is 0 Å². The first-order valence-electron chi connectivity index (χ1n) is 7.50. The highest BCUT2D eigenvalue weighted by Crippen LogP contribution is 2.41. The van der Waals surface area contributed by atoms with Gasteiger partial charge in [0.15, 0.2) is 0 Å². The van der Waals surface area contributed by atoms with Gasteiger partial charge in [-0.25, -0.2) is 0 Å². The average molecular weight is 287 g/mol. The van der Waals surface area contributed by atoms with Crippen molar-refractivity contribution in [2.75, 3.05) is 20.1 Å². The smallest absolute Gasteiger partial charge is 0.251 e. The third-order valence-electron chi connectivity index (χ3n) is 4.48. The molecule has 5 nitrogen and oxygen atoms in total. The summed E-state index contributed by atoms with van der Waals surface area (Å²) < 4.78 is 0. The van der Waals surface area contributed by atoms with Crippen LogP contribution in [0.5, 0.6) is 0 Å². The zero-order chi connectivity index (χ0) is 14.8. The molecule has 1 saturated carbocycles. The fourth-order valence-electron chi connectivity index (χ4n) is 3.16. The SMILES string of the molecule is CNC(=O)c1cccc(CCC(=O)NC2[C@H]3CNC[C@@H]23)c1. The molecular formula is C16H21N3O2. The van der Waals surface area contributed by atoms with E-state index in [4.69, 9.17) is 0 Å². The largest absolute Gasteiger partial charge is 0.355 e. The molecule has 3 N–H and O–H groups in total. The predicted molar refractivity (Wildman–Crippen MR) is 79.9 cm³/mol. The summed E-state index contributed by atoms with van der Waals surface area (Å²) in [6, 6.07) is 7.82. The molecule has 1 saturated heterocycles. The molecule has 1 aromatic rings. The molecule has 1 aromatic carbocycles. The molecule has 0 radical (unpaired) electrons. The van der Waals surface area contributed by atoms with Gasteiger partial charge in [-0.1, -0.05) is 12.1 Å². The first-order chi connectivity index (χ1) is 10.2. The summed E-state index contributed by atoms with van der Waals surface area (Å²) in [5.74, 6) is 1.30.